The molecule has 53 heavy (non-hydrogen) atoms. The molecule has 1 atom stereocenters. The molecule has 4 heterocycles. The Balaban J connectivity index is 1.40. The van der Waals surface area contributed by atoms with Gasteiger partial charge in [-0.05, 0) is 55.6 Å². The lowest BCUT2D eigenvalue weighted by Crippen LogP contribution is -2.50. The van der Waals surface area contributed by atoms with E-state index < -0.39 is 70.4 Å². The molecule has 0 aliphatic carbocycles. The number of likely N-dealkylation sites (tertiary alicyclic amines) is 1. The number of benzene rings is 2. The van der Waals surface area contributed by atoms with Crippen LogP contribution in [0.25, 0.3) is 0 Å². The highest BCUT2D eigenvalue weighted by atomic mass is 19.4. The molecule has 0 radical (unpaired) electrons. The van der Waals surface area contributed by atoms with E-state index >= 15 is 4.39 Å². The minimum Gasteiger partial charge on any atom is -0.455 e. The zero-order valence-electron chi connectivity index (χ0n) is 28.2. The van der Waals surface area contributed by atoms with Crippen molar-refractivity contribution < 1.29 is 44.7 Å². The largest absolute Gasteiger partial charge is 0.455 e. The molecule has 2 aliphatic rings. The van der Waals surface area contributed by atoms with E-state index in [2.05, 4.69) is 5.32 Å². The average Bonchev–Trinajstić information content (AvgIpc) is 3.73. The number of amides is 1. The SMILES string of the molecule is NC(=O)CCCN[C@@H](Cn1c(=O)c2c(n(Cc3c(F)cccc3C(F)(F)F)c1=O)COC21CCN(Cc2ccc(C(F)(F)F)o2)CC1)c1ccccc1. The summed E-state index contributed by atoms with van der Waals surface area (Å²) in [5.74, 6) is -2.76. The van der Waals surface area contributed by atoms with Gasteiger partial charge in [-0.3, -0.25) is 23.6 Å². The summed E-state index contributed by atoms with van der Waals surface area (Å²) in [5, 5.41) is 3.24. The maximum atomic E-state index is 15.2. The van der Waals surface area contributed by atoms with Crippen LogP contribution in [0.5, 0.6) is 0 Å². The number of nitrogens with zero attached hydrogens (tertiary/aromatic N) is 3. The second-order valence-corrected chi connectivity index (χ2v) is 13.2. The van der Waals surface area contributed by atoms with E-state index in [0.29, 0.717) is 18.1 Å². The highest BCUT2D eigenvalue weighted by molar-refractivity contribution is 5.73. The van der Waals surface area contributed by atoms with E-state index in [9.17, 15) is 40.7 Å². The lowest BCUT2D eigenvalue weighted by molar-refractivity contribution is -0.153. The van der Waals surface area contributed by atoms with E-state index in [1.165, 1.54) is 6.07 Å². The van der Waals surface area contributed by atoms with Gasteiger partial charge in [-0.15, -0.1) is 0 Å². The van der Waals surface area contributed by atoms with Gasteiger partial charge >= 0.3 is 18.0 Å². The number of halogens is 7. The van der Waals surface area contributed by atoms with E-state index in [4.69, 9.17) is 14.9 Å². The number of ether oxygens (including phenoxy) is 1. The zero-order valence-corrected chi connectivity index (χ0v) is 28.2. The molecule has 10 nitrogen and oxygen atoms in total. The highest BCUT2D eigenvalue weighted by Gasteiger charge is 2.47. The number of primary amides is 1. The van der Waals surface area contributed by atoms with Crippen molar-refractivity contribution in [2.75, 3.05) is 19.6 Å². The molecule has 1 saturated heterocycles. The fraction of sp³-hybridized carbons (Fsp3) is 0.417. The first-order chi connectivity index (χ1) is 25.1. The third kappa shape index (κ3) is 8.11. The molecule has 0 saturated carbocycles. The predicted molar refractivity (Wildman–Crippen MR) is 176 cm³/mol. The fourth-order valence-electron chi connectivity index (χ4n) is 7.09. The first kappa shape index (κ1) is 38.0. The Hall–Kier alpha value is -4.74. The number of carbonyl (C=O) groups excluding carboxylic acids is 1. The topological polar surface area (TPSA) is 125 Å². The van der Waals surface area contributed by atoms with Crippen LogP contribution in [0.3, 0.4) is 0 Å². The molecule has 6 rings (SSSR count). The number of rotatable bonds is 12. The van der Waals surface area contributed by atoms with Crippen LogP contribution in [-0.4, -0.2) is 39.6 Å². The van der Waals surface area contributed by atoms with Gasteiger partial charge in [0.15, 0.2) is 0 Å². The van der Waals surface area contributed by atoms with Crippen molar-refractivity contribution in [3.63, 3.8) is 0 Å². The number of nitrogens with two attached hydrogens (primary N) is 1. The first-order valence-corrected chi connectivity index (χ1v) is 16.9. The summed E-state index contributed by atoms with van der Waals surface area (Å²) in [6, 6.07) is 12.7. The summed E-state index contributed by atoms with van der Waals surface area (Å²) < 4.78 is 110. The smallest absolute Gasteiger partial charge is 0.449 e. The Morgan fingerprint density at radius 2 is 1.62 bits per heavy atom. The molecule has 17 heteroatoms. The van der Waals surface area contributed by atoms with Gasteiger partial charge < -0.3 is 20.2 Å². The number of furan rings is 1. The Bertz CT molecular complexity index is 2070. The number of hydrogen-bond acceptors (Lipinski definition) is 7. The number of piperidine rings is 1. The normalized spacial score (nSPS) is 16.6. The molecule has 2 aromatic carbocycles. The molecule has 2 aromatic heterocycles. The molecular weight excluding hydrogens is 715 g/mol. The summed E-state index contributed by atoms with van der Waals surface area (Å²) in [4.78, 5) is 41.9. The van der Waals surface area contributed by atoms with Gasteiger partial charge in [0.1, 0.15) is 17.2 Å². The highest BCUT2D eigenvalue weighted by Crippen LogP contribution is 2.43. The Kier molecular flexibility index (Phi) is 10.7. The van der Waals surface area contributed by atoms with Crippen molar-refractivity contribution in [3.05, 3.63) is 127 Å². The summed E-state index contributed by atoms with van der Waals surface area (Å²) in [6.45, 7) is -0.676. The van der Waals surface area contributed by atoms with Gasteiger partial charge in [-0.25, -0.2) is 9.18 Å². The van der Waals surface area contributed by atoms with E-state index in [0.717, 1.165) is 27.3 Å². The molecule has 4 aromatic rings. The molecule has 2 aliphatic heterocycles. The summed E-state index contributed by atoms with van der Waals surface area (Å²) >= 11 is 0. The summed E-state index contributed by atoms with van der Waals surface area (Å²) in [5.41, 5.74) is 0.979. The van der Waals surface area contributed by atoms with E-state index in [-0.39, 0.29) is 75.6 Å². The van der Waals surface area contributed by atoms with Crippen molar-refractivity contribution in [2.24, 2.45) is 5.73 Å². The van der Waals surface area contributed by atoms with Gasteiger partial charge in [-0.1, -0.05) is 36.4 Å². The van der Waals surface area contributed by atoms with Crippen LogP contribution in [0.15, 0.2) is 74.7 Å². The summed E-state index contributed by atoms with van der Waals surface area (Å²) in [7, 11) is 0. The number of carbonyl (C=O) groups is 1. The van der Waals surface area contributed by atoms with E-state index in [1.54, 1.807) is 30.3 Å². The van der Waals surface area contributed by atoms with Crippen molar-refractivity contribution in [1.82, 2.24) is 19.4 Å². The van der Waals surface area contributed by atoms with Crippen LogP contribution < -0.4 is 22.3 Å². The van der Waals surface area contributed by atoms with Crippen LogP contribution in [0, 0.1) is 5.82 Å². The molecule has 3 N–H and O–H groups in total. The van der Waals surface area contributed by atoms with Crippen molar-refractivity contribution in [3.8, 4) is 0 Å². The van der Waals surface area contributed by atoms with Gasteiger partial charge in [0, 0.05) is 25.1 Å². The molecule has 0 bridgehead atoms. The zero-order chi connectivity index (χ0) is 38.1. The maximum Gasteiger partial charge on any atom is 0.449 e. The molecule has 284 valence electrons. The number of aromatic nitrogens is 2. The second kappa shape index (κ2) is 14.9. The quantitative estimate of drug-likeness (QED) is 0.146. The van der Waals surface area contributed by atoms with Gasteiger partial charge in [0.2, 0.25) is 11.7 Å². The number of fused-ring (bicyclic) bond motifs is 2. The fourth-order valence-corrected chi connectivity index (χ4v) is 7.09. The molecule has 0 unspecified atom stereocenters. The lowest BCUT2D eigenvalue weighted by Gasteiger charge is -2.38. The van der Waals surface area contributed by atoms with Gasteiger partial charge in [-0.2, -0.15) is 26.3 Å². The lowest BCUT2D eigenvalue weighted by atomic mass is 9.85. The Morgan fingerprint density at radius 3 is 2.26 bits per heavy atom. The maximum absolute atomic E-state index is 15.2. The Morgan fingerprint density at radius 1 is 0.906 bits per heavy atom. The van der Waals surface area contributed by atoms with Crippen LogP contribution in [-0.2, 0) is 53.7 Å². The van der Waals surface area contributed by atoms with Crippen molar-refractivity contribution in [2.45, 2.75) is 75.9 Å². The van der Waals surface area contributed by atoms with Crippen molar-refractivity contribution in [1.29, 1.82) is 0 Å². The summed E-state index contributed by atoms with van der Waals surface area (Å²) in [6.07, 6.45) is -8.87. The average molecular weight is 752 g/mol. The third-order valence-electron chi connectivity index (χ3n) is 9.76. The molecule has 1 fully saturated rings. The molecular formula is C36H36F7N5O5. The van der Waals surface area contributed by atoms with Gasteiger partial charge in [0.25, 0.3) is 5.56 Å². The number of nitrogens with one attached hydrogen (secondary N) is 1. The standard InChI is InChI=1S/C36H36F7N5O5/c37-26-9-4-8-25(35(38,39)40)24(26)19-47-28-21-52-34(13-16-46(17-14-34)18-23-11-12-29(53-23)36(41,42)43)31(28)32(50)48(33(47)51)20-27(22-6-2-1-3-7-22)45-15-5-10-30(44)49/h1-4,6-9,11-12,27,45H,5,10,13-21H2,(H2,44,49)/t27-/m0/s1. The second-order valence-electron chi connectivity index (χ2n) is 13.2. The van der Waals surface area contributed by atoms with Crippen molar-refractivity contribution >= 4 is 5.91 Å². The predicted octanol–water partition coefficient (Wildman–Crippen LogP) is 5.45. The minimum atomic E-state index is -4.95. The molecule has 1 spiro atoms. The van der Waals surface area contributed by atoms with Crippen LogP contribution in [0.2, 0.25) is 0 Å². The van der Waals surface area contributed by atoms with Crippen LogP contribution >= 0.6 is 0 Å². The third-order valence-corrected chi connectivity index (χ3v) is 9.76. The number of alkyl halides is 6. The molecule has 1 amide bonds. The monoisotopic (exact) mass is 751 g/mol. The Labute approximate surface area is 297 Å². The minimum absolute atomic E-state index is 0.0209. The van der Waals surface area contributed by atoms with Crippen LogP contribution in [0.4, 0.5) is 30.7 Å². The van der Waals surface area contributed by atoms with Crippen LogP contribution in [0.1, 0.15) is 71.2 Å². The first-order valence-electron chi connectivity index (χ1n) is 16.9. The van der Waals surface area contributed by atoms with E-state index in [1.807, 2.05) is 4.90 Å². The van der Waals surface area contributed by atoms with Gasteiger partial charge in [0.05, 0.1) is 49.1 Å². The number of hydrogen-bond donors (Lipinski definition) is 2.